The Labute approximate surface area is 196 Å². The molecule has 0 unspecified atom stereocenters. The van der Waals surface area contributed by atoms with Gasteiger partial charge in [-0.25, -0.2) is 4.79 Å². The number of carbonyl (C=O) groups excluding carboxylic acids is 2. The molecule has 0 radical (unpaired) electrons. The molecular weight excluding hydrogens is 422 g/mol. The fourth-order valence-electron chi connectivity index (χ4n) is 3.33. The summed E-state index contributed by atoms with van der Waals surface area (Å²) in [6.07, 6.45) is 0. The lowest BCUT2D eigenvalue weighted by atomic mass is 10.1. The third-order valence-electron chi connectivity index (χ3n) is 5.25. The molecule has 3 N–H and O–H groups in total. The van der Waals surface area contributed by atoms with Gasteiger partial charge in [-0.05, 0) is 43.4 Å². The quantitative estimate of drug-likeness (QED) is 0.478. The number of carbonyl (C=O) groups is 2. The maximum absolute atomic E-state index is 12.9. The molecule has 180 valence electrons. The summed E-state index contributed by atoms with van der Waals surface area (Å²) in [5, 5.41) is 8.52. The Balaban J connectivity index is 2.13. The largest absolute Gasteiger partial charge is 0.497 e. The Morgan fingerprint density at radius 3 is 2.27 bits per heavy atom. The number of urea groups is 1. The molecule has 0 saturated heterocycles. The van der Waals surface area contributed by atoms with Crippen molar-refractivity contribution in [2.24, 2.45) is 0 Å². The molecule has 2 aromatic carbocycles. The van der Waals surface area contributed by atoms with Crippen molar-refractivity contribution in [2.45, 2.75) is 13.8 Å². The van der Waals surface area contributed by atoms with E-state index in [1.54, 1.807) is 37.4 Å². The van der Waals surface area contributed by atoms with Gasteiger partial charge in [0.15, 0.2) is 0 Å². The first-order chi connectivity index (χ1) is 15.8. The lowest BCUT2D eigenvalue weighted by molar-refractivity contribution is 0.0949. The minimum absolute atomic E-state index is 0.188. The van der Waals surface area contributed by atoms with Gasteiger partial charge in [-0.3, -0.25) is 4.79 Å². The van der Waals surface area contributed by atoms with Crippen molar-refractivity contribution in [1.82, 2.24) is 10.2 Å². The Morgan fingerprint density at radius 1 is 0.939 bits per heavy atom. The highest BCUT2D eigenvalue weighted by Crippen LogP contribution is 2.29. The molecule has 0 saturated carbocycles. The Bertz CT molecular complexity index is 944. The topological polar surface area (TPSA) is 95.2 Å². The van der Waals surface area contributed by atoms with Crippen molar-refractivity contribution in [3.8, 4) is 11.5 Å². The van der Waals surface area contributed by atoms with E-state index in [0.717, 1.165) is 25.3 Å². The number of nitrogens with zero attached hydrogens (tertiary/aromatic N) is 2. The second-order valence-corrected chi connectivity index (χ2v) is 7.55. The van der Waals surface area contributed by atoms with Crippen LogP contribution in [0.15, 0.2) is 36.4 Å². The van der Waals surface area contributed by atoms with Crippen LogP contribution in [0.5, 0.6) is 11.5 Å². The molecule has 0 spiro atoms. The van der Waals surface area contributed by atoms with Gasteiger partial charge in [0.25, 0.3) is 5.91 Å². The van der Waals surface area contributed by atoms with E-state index in [1.165, 1.54) is 7.11 Å². The Kier molecular flexibility index (Phi) is 9.81. The van der Waals surface area contributed by atoms with Crippen LogP contribution in [0.4, 0.5) is 21.9 Å². The molecule has 3 amide bonds. The van der Waals surface area contributed by atoms with Crippen molar-refractivity contribution in [1.29, 1.82) is 0 Å². The van der Waals surface area contributed by atoms with Crippen LogP contribution in [0.2, 0.25) is 0 Å². The van der Waals surface area contributed by atoms with Gasteiger partial charge < -0.3 is 35.2 Å². The molecular formula is C24H35N5O4. The zero-order valence-electron chi connectivity index (χ0n) is 20.3. The summed E-state index contributed by atoms with van der Waals surface area (Å²) in [5.74, 6) is 0.904. The van der Waals surface area contributed by atoms with E-state index >= 15 is 0 Å². The number of hydrogen-bond donors (Lipinski definition) is 3. The molecule has 0 bridgehead atoms. The summed E-state index contributed by atoms with van der Waals surface area (Å²) in [6, 6.07) is 9.89. The van der Waals surface area contributed by atoms with Gasteiger partial charge >= 0.3 is 6.03 Å². The van der Waals surface area contributed by atoms with Gasteiger partial charge in [0, 0.05) is 44.6 Å². The van der Waals surface area contributed by atoms with Gasteiger partial charge in [0.1, 0.15) is 11.5 Å². The molecule has 0 aliphatic heterocycles. The van der Waals surface area contributed by atoms with E-state index in [0.29, 0.717) is 35.0 Å². The normalized spacial score (nSPS) is 10.5. The van der Waals surface area contributed by atoms with E-state index < -0.39 is 6.03 Å². The minimum atomic E-state index is -0.455. The highest BCUT2D eigenvalue weighted by Gasteiger charge is 2.16. The zero-order chi connectivity index (χ0) is 24.4. The minimum Gasteiger partial charge on any atom is -0.497 e. The molecule has 2 rings (SSSR count). The van der Waals surface area contributed by atoms with Crippen molar-refractivity contribution < 1.29 is 19.1 Å². The maximum Gasteiger partial charge on any atom is 0.323 e. The van der Waals surface area contributed by atoms with E-state index in [4.69, 9.17) is 9.47 Å². The summed E-state index contributed by atoms with van der Waals surface area (Å²) in [6.45, 7) is 7.38. The second kappa shape index (κ2) is 12.5. The number of rotatable bonds is 11. The highest BCUT2D eigenvalue weighted by molar-refractivity contribution is 6.04. The van der Waals surface area contributed by atoms with Crippen molar-refractivity contribution >= 4 is 29.0 Å². The number of methoxy groups -OCH3 is 2. The van der Waals surface area contributed by atoms with Gasteiger partial charge in [-0.15, -0.1) is 0 Å². The molecule has 0 heterocycles. The van der Waals surface area contributed by atoms with Gasteiger partial charge in [0.2, 0.25) is 0 Å². The lowest BCUT2D eigenvalue weighted by Gasteiger charge is -2.20. The summed E-state index contributed by atoms with van der Waals surface area (Å²) in [4.78, 5) is 29.6. The van der Waals surface area contributed by atoms with Crippen LogP contribution >= 0.6 is 0 Å². The van der Waals surface area contributed by atoms with Crippen LogP contribution in [0, 0.1) is 0 Å². The third kappa shape index (κ3) is 7.28. The summed E-state index contributed by atoms with van der Waals surface area (Å²) in [7, 11) is 6.82. The zero-order valence-corrected chi connectivity index (χ0v) is 20.3. The standard InChI is InChI=1S/C24H35N5O4/c1-7-29(8-2)14-13-25-23(30)19-15-17(9-12-21(19)28(3)4)26-24(31)27-20-11-10-18(32-5)16-22(20)33-6/h9-12,15-16H,7-8,13-14H2,1-6H3,(H,25,30)(H2,26,27,31). The van der Waals surface area contributed by atoms with Gasteiger partial charge in [-0.1, -0.05) is 13.8 Å². The molecule has 0 fully saturated rings. The van der Waals surface area contributed by atoms with Crippen LogP contribution < -0.4 is 30.3 Å². The maximum atomic E-state index is 12.9. The van der Waals surface area contributed by atoms with Crippen LogP contribution in [-0.4, -0.2) is 71.3 Å². The molecule has 9 nitrogen and oxygen atoms in total. The monoisotopic (exact) mass is 457 g/mol. The molecule has 0 aliphatic carbocycles. The van der Waals surface area contributed by atoms with Crippen molar-refractivity contribution in [3.05, 3.63) is 42.0 Å². The van der Waals surface area contributed by atoms with Crippen molar-refractivity contribution in [3.63, 3.8) is 0 Å². The first-order valence-electron chi connectivity index (χ1n) is 10.9. The Hall–Kier alpha value is -3.46. The average Bonchev–Trinajstić information content (AvgIpc) is 2.81. The SMILES string of the molecule is CCN(CC)CCNC(=O)c1cc(NC(=O)Nc2ccc(OC)cc2OC)ccc1N(C)C. The molecule has 2 aromatic rings. The first-order valence-corrected chi connectivity index (χ1v) is 10.9. The third-order valence-corrected chi connectivity index (χ3v) is 5.25. The van der Waals surface area contributed by atoms with E-state index in [1.807, 2.05) is 25.1 Å². The average molecular weight is 458 g/mol. The molecule has 0 aliphatic rings. The fraction of sp³-hybridized carbons (Fsp3) is 0.417. The smallest absolute Gasteiger partial charge is 0.323 e. The second-order valence-electron chi connectivity index (χ2n) is 7.55. The first kappa shape index (κ1) is 25.8. The summed E-state index contributed by atoms with van der Waals surface area (Å²) >= 11 is 0. The number of anilines is 3. The fourth-order valence-corrected chi connectivity index (χ4v) is 3.33. The Morgan fingerprint density at radius 2 is 1.67 bits per heavy atom. The lowest BCUT2D eigenvalue weighted by Crippen LogP contribution is -2.35. The summed E-state index contributed by atoms with van der Waals surface area (Å²) in [5.41, 5.74) is 2.24. The number of amides is 3. The summed E-state index contributed by atoms with van der Waals surface area (Å²) < 4.78 is 10.5. The highest BCUT2D eigenvalue weighted by atomic mass is 16.5. The molecule has 0 aromatic heterocycles. The van der Waals surface area contributed by atoms with Gasteiger partial charge in [-0.2, -0.15) is 0 Å². The van der Waals surface area contributed by atoms with Gasteiger partial charge in [0.05, 0.1) is 25.5 Å². The molecule has 33 heavy (non-hydrogen) atoms. The molecule has 0 atom stereocenters. The van der Waals surface area contributed by atoms with Crippen molar-refractivity contribution in [2.75, 3.05) is 70.0 Å². The number of likely N-dealkylation sites (N-methyl/N-ethyl adjacent to an activating group) is 1. The van der Waals surface area contributed by atoms with E-state index in [9.17, 15) is 9.59 Å². The van der Waals surface area contributed by atoms with E-state index in [-0.39, 0.29) is 5.91 Å². The predicted octanol–water partition coefficient (Wildman–Crippen LogP) is 3.49. The van der Waals surface area contributed by atoms with E-state index in [2.05, 4.69) is 34.7 Å². The van der Waals surface area contributed by atoms with Crippen LogP contribution in [0.25, 0.3) is 0 Å². The molecule has 9 heteroatoms. The van der Waals surface area contributed by atoms with Crippen LogP contribution in [0.1, 0.15) is 24.2 Å². The number of hydrogen-bond acceptors (Lipinski definition) is 6. The number of nitrogens with one attached hydrogen (secondary N) is 3. The van der Waals surface area contributed by atoms with Crippen LogP contribution in [0.3, 0.4) is 0 Å². The predicted molar refractivity (Wildman–Crippen MR) is 133 cm³/mol. The van der Waals surface area contributed by atoms with Crippen LogP contribution in [-0.2, 0) is 0 Å². The number of benzene rings is 2. The number of ether oxygens (including phenoxy) is 2.